The molecule has 252 valence electrons. The lowest BCUT2D eigenvalue weighted by molar-refractivity contribution is -0.128. The van der Waals surface area contributed by atoms with Crippen LogP contribution < -0.4 is 5.32 Å². The van der Waals surface area contributed by atoms with Crippen molar-refractivity contribution in [3.8, 4) is 17.3 Å². The first-order chi connectivity index (χ1) is 22.5. The number of carbonyl (C=O) groups is 3. The van der Waals surface area contributed by atoms with Gasteiger partial charge in [-0.2, -0.15) is 5.26 Å². The summed E-state index contributed by atoms with van der Waals surface area (Å²) in [6.07, 6.45) is 4.75. The van der Waals surface area contributed by atoms with Crippen molar-refractivity contribution in [2.45, 2.75) is 89.1 Å². The Morgan fingerprint density at radius 2 is 2.02 bits per heavy atom. The number of halogens is 1. The number of hydrogen-bond donors (Lipinski definition) is 1. The molecule has 4 atom stereocenters. The topological polar surface area (TPSA) is 134 Å². The fourth-order valence-electron chi connectivity index (χ4n) is 7.14. The Labute approximate surface area is 275 Å². The minimum atomic E-state index is -0.998. The van der Waals surface area contributed by atoms with Crippen LogP contribution in [0.1, 0.15) is 69.4 Å². The zero-order valence-corrected chi connectivity index (χ0v) is 27.2. The highest BCUT2D eigenvalue weighted by Crippen LogP contribution is 2.43. The van der Waals surface area contributed by atoms with Crippen LogP contribution >= 0.6 is 0 Å². The summed E-state index contributed by atoms with van der Waals surface area (Å²) in [5.41, 5.74) is 1.82. The van der Waals surface area contributed by atoms with Crippen molar-refractivity contribution in [1.82, 2.24) is 20.1 Å². The number of amides is 2. The van der Waals surface area contributed by atoms with Crippen molar-refractivity contribution >= 4 is 18.0 Å². The van der Waals surface area contributed by atoms with Gasteiger partial charge in [0.25, 0.3) is 0 Å². The molecule has 1 N–H and O–H groups in total. The minimum Gasteiger partial charge on any atom is -0.461 e. The van der Waals surface area contributed by atoms with E-state index in [-0.39, 0.29) is 32.0 Å². The number of likely N-dealkylation sites (tertiary alicyclic amines) is 1. The molecule has 1 saturated carbocycles. The Bertz CT molecular complexity index is 1570. The molecule has 0 spiro atoms. The number of aromatic nitrogens is 1. The molecule has 1 unspecified atom stereocenters. The normalized spacial score (nSPS) is 24.0. The zero-order chi connectivity index (χ0) is 33.3. The molecule has 1 aliphatic carbocycles. The molecular weight excluding hydrogens is 605 g/mol. The Morgan fingerprint density at radius 3 is 2.72 bits per heavy atom. The second kappa shape index (κ2) is 13.6. The summed E-state index contributed by atoms with van der Waals surface area (Å²) in [5.74, 6) is -1.39. The summed E-state index contributed by atoms with van der Waals surface area (Å²) < 4.78 is 31.9. The number of fused-ring (bicyclic) bond motifs is 3. The second-order valence-electron chi connectivity index (χ2n) is 14.0. The molecule has 3 aliphatic heterocycles. The predicted octanol–water partition coefficient (Wildman–Crippen LogP) is 4.28. The van der Waals surface area contributed by atoms with Gasteiger partial charge in [0.15, 0.2) is 0 Å². The third-order valence-corrected chi connectivity index (χ3v) is 9.55. The number of pyridine rings is 1. The average Bonchev–Trinajstić information content (AvgIpc) is 3.62. The molecule has 12 heteroatoms. The molecule has 2 amide bonds. The average molecular weight is 650 g/mol. The van der Waals surface area contributed by atoms with E-state index in [1.807, 2.05) is 6.07 Å². The minimum absolute atomic E-state index is 0. The standard InChI is InChI=1S/C35H42FN5O6.H2/c1-35(2,3)47-34(44)41-26-9-8-24(14-26)31(41)32(42)39-25(17-37)13-22-6-7-23(15-29(22)36)30-16-21-5-4-10-40(27-19-45-20-27)11-12-46-33(43)28(21)18-38-30;/h6-7,15-16,18,24-27,31H,4-5,8-14,19-20H2,1-3H3,(H,39,42);1H/t24-,25-,26?,31-;/m0./s1. The van der Waals surface area contributed by atoms with E-state index in [0.29, 0.717) is 49.0 Å². The van der Waals surface area contributed by atoms with Crippen molar-refractivity contribution < 1.29 is 34.4 Å². The van der Waals surface area contributed by atoms with E-state index >= 15 is 4.39 Å². The van der Waals surface area contributed by atoms with Gasteiger partial charge in [0.05, 0.1) is 36.6 Å². The molecule has 11 nitrogen and oxygen atoms in total. The van der Waals surface area contributed by atoms with Crippen molar-refractivity contribution in [1.29, 1.82) is 5.26 Å². The maximum absolute atomic E-state index is 15.5. The maximum Gasteiger partial charge on any atom is 0.411 e. The summed E-state index contributed by atoms with van der Waals surface area (Å²) in [7, 11) is 0. The van der Waals surface area contributed by atoms with E-state index in [1.54, 1.807) is 32.9 Å². The number of aryl methyl sites for hydroxylation is 1. The molecule has 4 aliphatic rings. The quantitative estimate of drug-likeness (QED) is 0.455. The summed E-state index contributed by atoms with van der Waals surface area (Å²) in [5, 5.41) is 12.6. The number of nitriles is 1. The van der Waals surface area contributed by atoms with Gasteiger partial charge in [0, 0.05) is 32.2 Å². The molecule has 4 heterocycles. The van der Waals surface area contributed by atoms with Crippen LogP contribution in [0.4, 0.5) is 9.18 Å². The van der Waals surface area contributed by atoms with Crippen LogP contribution in [0.2, 0.25) is 0 Å². The first-order valence-corrected chi connectivity index (χ1v) is 16.5. The molecule has 1 aromatic heterocycles. The van der Waals surface area contributed by atoms with Gasteiger partial charge in [-0.3, -0.25) is 19.6 Å². The lowest BCUT2D eigenvalue weighted by Crippen LogP contribution is -2.55. The predicted molar refractivity (Wildman–Crippen MR) is 171 cm³/mol. The summed E-state index contributed by atoms with van der Waals surface area (Å²) >= 11 is 0. The zero-order valence-electron chi connectivity index (χ0n) is 27.2. The molecule has 0 radical (unpaired) electrons. The second-order valence-corrected chi connectivity index (χ2v) is 14.0. The Kier molecular flexibility index (Phi) is 9.48. The molecule has 2 saturated heterocycles. The maximum atomic E-state index is 15.5. The van der Waals surface area contributed by atoms with E-state index in [2.05, 4.69) is 21.3 Å². The number of rotatable bonds is 6. The van der Waals surface area contributed by atoms with Gasteiger partial charge < -0.3 is 19.5 Å². The molecule has 2 bridgehead atoms. The largest absolute Gasteiger partial charge is 0.461 e. The number of piperidine rings is 1. The number of nitrogens with zero attached hydrogens (tertiary/aromatic N) is 4. The van der Waals surface area contributed by atoms with Crippen molar-refractivity contribution in [2.24, 2.45) is 5.92 Å². The number of hydrogen-bond acceptors (Lipinski definition) is 9. The van der Waals surface area contributed by atoms with Gasteiger partial charge in [-0.25, -0.2) is 14.0 Å². The number of ether oxygens (including phenoxy) is 3. The number of esters is 1. The van der Waals surface area contributed by atoms with Crippen LogP contribution in [-0.2, 0) is 31.8 Å². The lowest BCUT2D eigenvalue weighted by atomic mass is 9.97. The Morgan fingerprint density at radius 1 is 1.21 bits per heavy atom. The van der Waals surface area contributed by atoms with Crippen LogP contribution in [0.5, 0.6) is 0 Å². The van der Waals surface area contributed by atoms with Gasteiger partial charge in [0.1, 0.15) is 30.1 Å². The Balaban J connectivity index is 0.00000451. The first-order valence-electron chi connectivity index (χ1n) is 16.5. The third kappa shape index (κ3) is 7.26. The van der Waals surface area contributed by atoms with Crippen LogP contribution in [-0.4, -0.2) is 95.4 Å². The van der Waals surface area contributed by atoms with E-state index in [9.17, 15) is 19.6 Å². The van der Waals surface area contributed by atoms with Crippen LogP contribution in [0, 0.1) is 23.1 Å². The molecular formula is C35H44FN5O6. The number of benzene rings is 1. The van der Waals surface area contributed by atoms with Gasteiger partial charge in [-0.05, 0) is 88.6 Å². The lowest BCUT2D eigenvalue weighted by Gasteiger charge is -2.37. The van der Waals surface area contributed by atoms with Crippen molar-refractivity contribution in [2.75, 3.05) is 32.9 Å². The van der Waals surface area contributed by atoms with Gasteiger partial charge in [0.2, 0.25) is 5.91 Å². The molecule has 2 aromatic rings. The van der Waals surface area contributed by atoms with Crippen LogP contribution in [0.25, 0.3) is 11.3 Å². The van der Waals surface area contributed by atoms with Gasteiger partial charge >= 0.3 is 12.1 Å². The highest BCUT2D eigenvalue weighted by molar-refractivity contribution is 5.91. The van der Waals surface area contributed by atoms with Crippen LogP contribution in [0.15, 0.2) is 30.5 Å². The molecule has 1 aromatic carbocycles. The van der Waals surface area contributed by atoms with Crippen molar-refractivity contribution in [3.05, 3.63) is 53.0 Å². The van der Waals surface area contributed by atoms with Gasteiger partial charge in [-0.1, -0.05) is 12.1 Å². The molecule has 47 heavy (non-hydrogen) atoms. The SMILES string of the molecule is CC(C)(C)OC(=O)N1C2CC[C@@H](C2)[C@H]1C(=O)N[C@H](C#N)Cc1ccc(-c2cc3c(cn2)C(=O)OCCN(C2COC2)CCC3)cc1F.[HH]. The number of nitrogens with one attached hydrogen (secondary N) is 1. The monoisotopic (exact) mass is 649 g/mol. The van der Waals surface area contributed by atoms with Gasteiger partial charge in [-0.15, -0.1) is 0 Å². The van der Waals surface area contributed by atoms with Crippen molar-refractivity contribution in [3.63, 3.8) is 0 Å². The smallest absolute Gasteiger partial charge is 0.411 e. The van der Waals surface area contributed by atoms with Crippen LogP contribution in [0.3, 0.4) is 0 Å². The van der Waals surface area contributed by atoms with E-state index < -0.39 is 41.5 Å². The molecule has 3 fully saturated rings. The van der Waals surface area contributed by atoms with E-state index in [1.165, 1.54) is 17.2 Å². The van der Waals surface area contributed by atoms with E-state index in [4.69, 9.17) is 14.2 Å². The Hall–Kier alpha value is -4.08. The first kappa shape index (κ1) is 32.8. The number of cyclic esters (lactones) is 1. The summed E-state index contributed by atoms with van der Waals surface area (Å²) in [4.78, 5) is 47.5. The number of carbonyl (C=O) groups excluding carboxylic acids is 3. The summed E-state index contributed by atoms with van der Waals surface area (Å²) in [6.45, 7) is 8.52. The third-order valence-electron chi connectivity index (χ3n) is 9.55. The molecule has 6 rings (SSSR count). The fraction of sp³-hybridized carbons (Fsp3) is 0.571. The summed E-state index contributed by atoms with van der Waals surface area (Å²) in [6, 6.07) is 7.12. The fourth-order valence-corrected chi connectivity index (χ4v) is 7.14. The highest BCUT2D eigenvalue weighted by atomic mass is 19.1. The van der Waals surface area contributed by atoms with E-state index in [0.717, 1.165) is 37.8 Å². The highest BCUT2D eigenvalue weighted by Gasteiger charge is 2.52.